The number of rotatable bonds is 6. The van der Waals surface area contributed by atoms with Crippen LogP contribution in [0.4, 0.5) is 0 Å². The SMILES string of the molecule is CC(CN)CNC(=O)CC1(N2CCOCC2)CCCC1. The first-order valence-corrected chi connectivity index (χ1v) is 7.96. The maximum Gasteiger partial charge on any atom is 0.221 e. The number of hydrogen-bond donors (Lipinski definition) is 2. The zero-order valence-electron chi connectivity index (χ0n) is 12.7. The van der Waals surface area contributed by atoms with Crippen LogP contribution in [0.3, 0.4) is 0 Å². The van der Waals surface area contributed by atoms with Gasteiger partial charge in [0.25, 0.3) is 0 Å². The molecule has 1 saturated carbocycles. The molecule has 1 unspecified atom stereocenters. The molecule has 1 heterocycles. The van der Waals surface area contributed by atoms with Gasteiger partial charge in [-0.05, 0) is 25.3 Å². The quantitative estimate of drug-likeness (QED) is 0.754. The molecule has 0 aromatic rings. The summed E-state index contributed by atoms with van der Waals surface area (Å²) in [6.07, 6.45) is 5.40. The highest BCUT2D eigenvalue weighted by Crippen LogP contribution is 2.38. The van der Waals surface area contributed by atoms with Gasteiger partial charge < -0.3 is 15.8 Å². The Labute approximate surface area is 122 Å². The molecule has 1 saturated heterocycles. The van der Waals surface area contributed by atoms with Gasteiger partial charge in [0.1, 0.15) is 0 Å². The molecule has 116 valence electrons. The molecule has 1 atom stereocenters. The van der Waals surface area contributed by atoms with Crippen molar-refractivity contribution in [2.75, 3.05) is 39.4 Å². The zero-order chi connectivity index (χ0) is 14.4. The highest BCUT2D eigenvalue weighted by Gasteiger charge is 2.41. The molecule has 1 aliphatic heterocycles. The highest BCUT2D eigenvalue weighted by molar-refractivity contribution is 5.77. The normalized spacial score (nSPS) is 24.5. The fraction of sp³-hybridized carbons (Fsp3) is 0.933. The number of carbonyl (C=O) groups excluding carboxylic acids is 1. The van der Waals surface area contributed by atoms with Crippen molar-refractivity contribution in [3.8, 4) is 0 Å². The van der Waals surface area contributed by atoms with Crippen molar-refractivity contribution in [1.82, 2.24) is 10.2 Å². The van der Waals surface area contributed by atoms with Crippen LogP contribution in [-0.4, -0.2) is 55.7 Å². The summed E-state index contributed by atoms with van der Waals surface area (Å²) in [6.45, 7) is 6.90. The molecule has 5 nitrogen and oxygen atoms in total. The summed E-state index contributed by atoms with van der Waals surface area (Å²) in [7, 11) is 0. The van der Waals surface area contributed by atoms with E-state index in [0.717, 1.165) is 39.1 Å². The lowest BCUT2D eigenvalue weighted by molar-refractivity contribution is -0.125. The lowest BCUT2D eigenvalue weighted by Gasteiger charge is -2.43. The van der Waals surface area contributed by atoms with E-state index < -0.39 is 0 Å². The Morgan fingerprint density at radius 3 is 2.60 bits per heavy atom. The van der Waals surface area contributed by atoms with Crippen LogP contribution < -0.4 is 11.1 Å². The van der Waals surface area contributed by atoms with Crippen molar-refractivity contribution >= 4 is 5.91 Å². The summed E-state index contributed by atoms with van der Waals surface area (Å²) >= 11 is 0. The van der Waals surface area contributed by atoms with E-state index in [1.54, 1.807) is 0 Å². The van der Waals surface area contributed by atoms with E-state index in [9.17, 15) is 4.79 Å². The maximum absolute atomic E-state index is 12.3. The first kappa shape index (κ1) is 15.7. The number of nitrogens with one attached hydrogen (secondary N) is 1. The lowest BCUT2D eigenvalue weighted by atomic mass is 9.90. The summed E-state index contributed by atoms with van der Waals surface area (Å²) in [6, 6.07) is 0. The van der Waals surface area contributed by atoms with Crippen LogP contribution in [0.2, 0.25) is 0 Å². The van der Waals surface area contributed by atoms with Crippen LogP contribution in [0.15, 0.2) is 0 Å². The Morgan fingerprint density at radius 1 is 1.35 bits per heavy atom. The summed E-state index contributed by atoms with van der Waals surface area (Å²) in [5, 5.41) is 3.05. The average molecular weight is 283 g/mol. The van der Waals surface area contributed by atoms with Crippen LogP contribution in [-0.2, 0) is 9.53 Å². The largest absolute Gasteiger partial charge is 0.379 e. The second-order valence-corrected chi connectivity index (χ2v) is 6.35. The van der Waals surface area contributed by atoms with E-state index in [0.29, 0.717) is 25.4 Å². The second kappa shape index (κ2) is 7.38. The van der Waals surface area contributed by atoms with Crippen LogP contribution in [0.1, 0.15) is 39.0 Å². The molecule has 0 aromatic heterocycles. The van der Waals surface area contributed by atoms with Gasteiger partial charge in [0.2, 0.25) is 5.91 Å². The van der Waals surface area contributed by atoms with Gasteiger partial charge in [-0.1, -0.05) is 19.8 Å². The topological polar surface area (TPSA) is 67.6 Å². The molecule has 0 bridgehead atoms. The molecular formula is C15H29N3O2. The van der Waals surface area contributed by atoms with Gasteiger partial charge in [0, 0.05) is 31.6 Å². The molecular weight excluding hydrogens is 254 g/mol. The predicted octanol–water partition coefficient (Wildman–Crippen LogP) is 0.732. The van der Waals surface area contributed by atoms with Crippen molar-refractivity contribution in [2.24, 2.45) is 11.7 Å². The fourth-order valence-electron chi connectivity index (χ4n) is 3.41. The second-order valence-electron chi connectivity index (χ2n) is 6.35. The minimum atomic E-state index is 0.0832. The number of nitrogens with zero attached hydrogens (tertiary/aromatic N) is 1. The third-order valence-corrected chi connectivity index (χ3v) is 4.76. The van der Waals surface area contributed by atoms with Crippen molar-refractivity contribution < 1.29 is 9.53 Å². The Hall–Kier alpha value is -0.650. The van der Waals surface area contributed by atoms with Crippen molar-refractivity contribution in [1.29, 1.82) is 0 Å². The molecule has 0 spiro atoms. The summed E-state index contributed by atoms with van der Waals surface area (Å²) < 4.78 is 5.45. The number of carbonyl (C=O) groups is 1. The fourth-order valence-corrected chi connectivity index (χ4v) is 3.41. The zero-order valence-corrected chi connectivity index (χ0v) is 12.7. The predicted molar refractivity (Wildman–Crippen MR) is 79.4 cm³/mol. The summed E-state index contributed by atoms with van der Waals surface area (Å²) in [5.74, 6) is 0.528. The van der Waals surface area contributed by atoms with Gasteiger partial charge in [-0.2, -0.15) is 0 Å². The maximum atomic E-state index is 12.3. The number of nitrogens with two attached hydrogens (primary N) is 1. The molecule has 2 rings (SSSR count). The Balaban J connectivity index is 1.89. The highest BCUT2D eigenvalue weighted by atomic mass is 16.5. The molecule has 2 fully saturated rings. The van der Waals surface area contributed by atoms with E-state index in [2.05, 4.69) is 17.1 Å². The summed E-state index contributed by atoms with van der Waals surface area (Å²) in [4.78, 5) is 14.8. The Morgan fingerprint density at radius 2 is 2.00 bits per heavy atom. The van der Waals surface area contributed by atoms with Crippen LogP contribution >= 0.6 is 0 Å². The molecule has 1 amide bonds. The van der Waals surface area contributed by atoms with Crippen LogP contribution in [0, 0.1) is 5.92 Å². The number of ether oxygens (including phenoxy) is 1. The molecule has 0 aromatic carbocycles. The van der Waals surface area contributed by atoms with E-state index in [1.807, 2.05) is 0 Å². The van der Waals surface area contributed by atoms with Gasteiger partial charge in [-0.3, -0.25) is 9.69 Å². The van der Waals surface area contributed by atoms with Gasteiger partial charge >= 0.3 is 0 Å². The average Bonchev–Trinajstić information content (AvgIpc) is 2.95. The first-order chi connectivity index (χ1) is 9.66. The van der Waals surface area contributed by atoms with Gasteiger partial charge in [0.15, 0.2) is 0 Å². The third kappa shape index (κ3) is 3.93. The van der Waals surface area contributed by atoms with E-state index in [-0.39, 0.29) is 11.4 Å². The van der Waals surface area contributed by atoms with Gasteiger partial charge in [0.05, 0.1) is 13.2 Å². The molecule has 5 heteroatoms. The molecule has 2 aliphatic rings. The summed E-state index contributed by atoms with van der Waals surface area (Å²) in [5.41, 5.74) is 5.67. The number of amides is 1. The molecule has 1 aliphatic carbocycles. The monoisotopic (exact) mass is 283 g/mol. The smallest absolute Gasteiger partial charge is 0.221 e. The van der Waals surface area contributed by atoms with Crippen molar-refractivity contribution in [3.63, 3.8) is 0 Å². The van der Waals surface area contributed by atoms with Crippen LogP contribution in [0.25, 0.3) is 0 Å². The Kier molecular flexibility index (Phi) is 5.81. The first-order valence-electron chi connectivity index (χ1n) is 7.96. The van der Waals surface area contributed by atoms with Gasteiger partial charge in [-0.15, -0.1) is 0 Å². The standard InChI is InChI=1S/C15H29N3O2/c1-13(11-16)12-17-14(19)10-15(4-2-3-5-15)18-6-8-20-9-7-18/h13H,2-12,16H2,1H3,(H,17,19). The van der Waals surface area contributed by atoms with Gasteiger partial charge in [-0.25, -0.2) is 0 Å². The molecule has 3 N–H and O–H groups in total. The van der Waals surface area contributed by atoms with Crippen LogP contribution in [0.5, 0.6) is 0 Å². The van der Waals surface area contributed by atoms with E-state index >= 15 is 0 Å². The number of hydrogen-bond acceptors (Lipinski definition) is 4. The number of morpholine rings is 1. The Bertz CT molecular complexity index is 310. The third-order valence-electron chi connectivity index (χ3n) is 4.76. The molecule has 0 radical (unpaired) electrons. The van der Waals surface area contributed by atoms with E-state index in [1.165, 1.54) is 12.8 Å². The minimum Gasteiger partial charge on any atom is -0.379 e. The minimum absolute atomic E-state index is 0.0832. The molecule has 20 heavy (non-hydrogen) atoms. The van der Waals surface area contributed by atoms with E-state index in [4.69, 9.17) is 10.5 Å². The van der Waals surface area contributed by atoms with Crippen molar-refractivity contribution in [2.45, 2.75) is 44.6 Å². The van der Waals surface area contributed by atoms with Crippen molar-refractivity contribution in [3.05, 3.63) is 0 Å². The lowest BCUT2D eigenvalue weighted by Crippen LogP contribution is -2.54.